The summed E-state index contributed by atoms with van der Waals surface area (Å²) >= 11 is 3.51. The Balaban J connectivity index is 2.07. The van der Waals surface area contributed by atoms with Gasteiger partial charge < -0.3 is 15.4 Å². The molecule has 0 aliphatic carbocycles. The molecule has 4 nitrogen and oxygen atoms in total. The van der Waals surface area contributed by atoms with Gasteiger partial charge in [0.05, 0.1) is 6.42 Å². The van der Waals surface area contributed by atoms with E-state index in [1.54, 1.807) is 0 Å². The molecule has 1 aromatic heterocycles. The molecule has 0 bridgehead atoms. The average molecular weight is 325 g/mol. The number of aliphatic hydroxyl groups is 1. The first-order valence-corrected chi connectivity index (χ1v) is 7.03. The van der Waals surface area contributed by atoms with Crippen LogP contribution in [0.1, 0.15) is 12.5 Å². The molecular formula is C14H17BrN2O2. The van der Waals surface area contributed by atoms with Gasteiger partial charge >= 0.3 is 0 Å². The zero-order valence-corrected chi connectivity index (χ0v) is 12.3. The van der Waals surface area contributed by atoms with Gasteiger partial charge in [0.25, 0.3) is 0 Å². The largest absolute Gasteiger partial charge is 0.396 e. The highest BCUT2D eigenvalue weighted by Gasteiger charge is 2.11. The molecular weight excluding hydrogens is 308 g/mol. The van der Waals surface area contributed by atoms with Crippen LogP contribution in [0.4, 0.5) is 0 Å². The number of carbonyl (C=O) groups excluding carboxylic acids is 1. The van der Waals surface area contributed by atoms with Gasteiger partial charge in [0.15, 0.2) is 0 Å². The summed E-state index contributed by atoms with van der Waals surface area (Å²) in [6, 6.07) is 5.90. The van der Waals surface area contributed by atoms with Gasteiger partial charge in [-0.1, -0.05) is 28.9 Å². The van der Waals surface area contributed by atoms with E-state index in [1.165, 1.54) is 0 Å². The van der Waals surface area contributed by atoms with Gasteiger partial charge in [0, 0.05) is 34.7 Å². The third-order valence-corrected chi connectivity index (χ3v) is 3.71. The number of aliphatic hydroxyl groups excluding tert-OH is 1. The zero-order valence-electron chi connectivity index (χ0n) is 10.7. The minimum absolute atomic E-state index is 0.0306. The highest BCUT2D eigenvalue weighted by Crippen LogP contribution is 2.27. The van der Waals surface area contributed by atoms with Crippen LogP contribution in [-0.2, 0) is 11.2 Å². The van der Waals surface area contributed by atoms with Crippen molar-refractivity contribution >= 4 is 32.7 Å². The number of hydrogen-bond acceptors (Lipinski definition) is 2. The van der Waals surface area contributed by atoms with Crippen LogP contribution < -0.4 is 5.32 Å². The molecule has 1 heterocycles. The maximum Gasteiger partial charge on any atom is 0.224 e. The highest BCUT2D eigenvalue weighted by atomic mass is 79.9. The maximum atomic E-state index is 11.9. The van der Waals surface area contributed by atoms with Gasteiger partial charge in [-0.25, -0.2) is 0 Å². The second-order valence-electron chi connectivity index (χ2n) is 4.74. The van der Waals surface area contributed by atoms with Gasteiger partial charge in [0.1, 0.15) is 0 Å². The normalized spacial score (nSPS) is 12.6. The van der Waals surface area contributed by atoms with Crippen molar-refractivity contribution in [2.24, 2.45) is 5.92 Å². The van der Waals surface area contributed by atoms with E-state index in [9.17, 15) is 4.79 Å². The summed E-state index contributed by atoms with van der Waals surface area (Å²) in [5.41, 5.74) is 1.98. The lowest BCUT2D eigenvalue weighted by Gasteiger charge is -2.09. The first-order chi connectivity index (χ1) is 9.11. The van der Waals surface area contributed by atoms with Gasteiger partial charge in [0.2, 0.25) is 5.91 Å². The smallest absolute Gasteiger partial charge is 0.224 e. The molecule has 0 radical (unpaired) electrons. The van der Waals surface area contributed by atoms with E-state index in [4.69, 9.17) is 5.11 Å². The van der Waals surface area contributed by atoms with Gasteiger partial charge in [-0.15, -0.1) is 0 Å². The maximum absolute atomic E-state index is 11.9. The number of H-pyrrole nitrogens is 1. The molecule has 3 N–H and O–H groups in total. The summed E-state index contributed by atoms with van der Waals surface area (Å²) in [7, 11) is 0. The lowest BCUT2D eigenvalue weighted by Crippen LogP contribution is -2.30. The fraction of sp³-hybridized carbons (Fsp3) is 0.357. The number of fused-ring (bicyclic) bond motifs is 1. The fourth-order valence-corrected chi connectivity index (χ4v) is 2.56. The lowest BCUT2D eigenvalue weighted by molar-refractivity contribution is -0.120. The van der Waals surface area contributed by atoms with Crippen LogP contribution in [0.15, 0.2) is 28.9 Å². The molecule has 19 heavy (non-hydrogen) atoms. The van der Waals surface area contributed by atoms with Crippen molar-refractivity contribution in [2.75, 3.05) is 13.2 Å². The van der Waals surface area contributed by atoms with E-state index in [1.807, 2.05) is 31.3 Å². The number of halogens is 1. The van der Waals surface area contributed by atoms with Crippen LogP contribution in [0.2, 0.25) is 0 Å². The Morgan fingerprint density at radius 2 is 2.32 bits per heavy atom. The predicted molar refractivity (Wildman–Crippen MR) is 79.0 cm³/mol. The van der Waals surface area contributed by atoms with Crippen molar-refractivity contribution < 1.29 is 9.90 Å². The Hall–Kier alpha value is -1.33. The van der Waals surface area contributed by atoms with Crippen molar-refractivity contribution in [3.63, 3.8) is 0 Å². The number of nitrogens with one attached hydrogen (secondary N) is 2. The van der Waals surface area contributed by atoms with Crippen molar-refractivity contribution in [1.29, 1.82) is 0 Å². The minimum atomic E-state index is -0.0306. The minimum Gasteiger partial charge on any atom is -0.396 e. The first-order valence-electron chi connectivity index (χ1n) is 6.24. The van der Waals surface area contributed by atoms with Gasteiger partial charge in [-0.05, 0) is 23.6 Å². The Kier molecular flexibility index (Phi) is 4.61. The number of amides is 1. The van der Waals surface area contributed by atoms with Crippen molar-refractivity contribution in [2.45, 2.75) is 13.3 Å². The molecule has 0 aliphatic rings. The van der Waals surface area contributed by atoms with Crippen LogP contribution in [0.5, 0.6) is 0 Å². The van der Waals surface area contributed by atoms with Crippen molar-refractivity contribution in [1.82, 2.24) is 10.3 Å². The molecule has 0 saturated carbocycles. The fourth-order valence-electron chi connectivity index (χ4n) is 1.94. The number of benzene rings is 1. The molecule has 2 aromatic rings. The molecule has 1 amide bonds. The quantitative estimate of drug-likeness (QED) is 0.789. The molecule has 1 aromatic carbocycles. The molecule has 102 valence electrons. The Bertz CT molecular complexity index is 580. The second-order valence-corrected chi connectivity index (χ2v) is 5.60. The molecule has 5 heteroatoms. The Labute approximate surface area is 120 Å². The number of rotatable bonds is 5. The molecule has 0 saturated heterocycles. The standard InChI is InChI=1S/C14H17BrN2O2/c1-9(8-18)6-17-13(19)5-10-7-16-12-4-2-3-11(15)14(10)12/h2-4,7,9,16,18H,5-6,8H2,1H3,(H,17,19). The van der Waals surface area contributed by atoms with E-state index in [0.29, 0.717) is 13.0 Å². The summed E-state index contributed by atoms with van der Waals surface area (Å²) in [6.07, 6.45) is 2.20. The molecule has 0 aliphatic heterocycles. The van der Waals surface area contributed by atoms with Crippen LogP contribution >= 0.6 is 15.9 Å². The number of hydrogen-bond donors (Lipinski definition) is 3. The lowest BCUT2D eigenvalue weighted by atomic mass is 10.1. The third kappa shape index (κ3) is 3.36. The number of aromatic amines is 1. The molecule has 0 spiro atoms. The zero-order chi connectivity index (χ0) is 13.8. The van der Waals surface area contributed by atoms with Crippen LogP contribution in [0, 0.1) is 5.92 Å². The summed E-state index contributed by atoms with van der Waals surface area (Å²) in [5, 5.41) is 12.8. The second kappa shape index (κ2) is 6.21. The molecule has 1 atom stereocenters. The van der Waals surface area contributed by atoms with E-state index < -0.39 is 0 Å². The van der Waals surface area contributed by atoms with E-state index in [-0.39, 0.29) is 18.4 Å². The summed E-state index contributed by atoms with van der Waals surface area (Å²) < 4.78 is 0.984. The highest BCUT2D eigenvalue weighted by molar-refractivity contribution is 9.10. The van der Waals surface area contributed by atoms with E-state index >= 15 is 0 Å². The SMILES string of the molecule is CC(CO)CNC(=O)Cc1c[nH]c2cccc(Br)c12. The van der Waals surface area contributed by atoms with Crippen molar-refractivity contribution in [3.05, 3.63) is 34.4 Å². The van der Waals surface area contributed by atoms with Gasteiger partial charge in [-0.2, -0.15) is 0 Å². The van der Waals surface area contributed by atoms with E-state index in [2.05, 4.69) is 26.2 Å². The summed E-state index contributed by atoms with van der Waals surface area (Å²) in [6.45, 7) is 2.47. The monoisotopic (exact) mass is 324 g/mol. The predicted octanol–water partition coefficient (Wildman–Crippen LogP) is 2.22. The van der Waals surface area contributed by atoms with Gasteiger partial charge in [-0.3, -0.25) is 4.79 Å². The molecule has 2 rings (SSSR count). The van der Waals surface area contributed by atoms with E-state index in [0.717, 1.165) is 20.9 Å². The average Bonchev–Trinajstić information content (AvgIpc) is 2.80. The number of aromatic nitrogens is 1. The van der Waals surface area contributed by atoms with Crippen molar-refractivity contribution in [3.8, 4) is 0 Å². The molecule has 0 fully saturated rings. The Morgan fingerprint density at radius 3 is 3.05 bits per heavy atom. The summed E-state index contributed by atoms with van der Waals surface area (Å²) in [4.78, 5) is 15.0. The summed E-state index contributed by atoms with van der Waals surface area (Å²) in [5.74, 6) is 0.0515. The van der Waals surface area contributed by atoms with Crippen LogP contribution in [0.3, 0.4) is 0 Å². The van der Waals surface area contributed by atoms with Crippen LogP contribution in [-0.4, -0.2) is 29.1 Å². The number of carbonyl (C=O) groups is 1. The molecule has 1 unspecified atom stereocenters. The Morgan fingerprint density at radius 1 is 1.53 bits per heavy atom. The van der Waals surface area contributed by atoms with Crippen LogP contribution in [0.25, 0.3) is 10.9 Å². The topological polar surface area (TPSA) is 65.1 Å². The third-order valence-electron chi connectivity index (χ3n) is 3.05. The first kappa shape index (κ1) is 14.1.